The van der Waals surface area contributed by atoms with Crippen LogP contribution in [0.5, 0.6) is 0 Å². The highest BCUT2D eigenvalue weighted by molar-refractivity contribution is 7.97. The molecule has 0 aliphatic carbocycles. The van der Waals surface area contributed by atoms with E-state index in [1.807, 2.05) is 0 Å². The summed E-state index contributed by atoms with van der Waals surface area (Å²) < 4.78 is 17.2. The molecule has 0 rings (SSSR count). The van der Waals surface area contributed by atoms with Gasteiger partial charge in [-0.3, -0.25) is 0 Å². The van der Waals surface area contributed by atoms with Crippen LogP contribution in [-0.2, 0) is 11.1 Å². The Morgan fingerprint density at radius 1 is 2.00 bits per heavy atom. The van der Waals surface area contributed by atoms with Gasteiger partial charge in [-0.1, -0.05) is 0 Å². The first-order chi connectivity index (χ1) is 2.27. The van der Waals surface area contributed by atoms with E-state index in [1.54, 1.807) is 0 Å². The molecule has 32 valence electrons. The molecule has 0 aromatic heterocycles. The third-order valence-corrected chi connectivity index (χ3v) is 0.994. The van der Waals surface area contributed by atoms with Gasteiger partial charge in [-0.05, 0) is 0 Å². The van der Waals surface area contributed by atoms with Gasteiger partial charge in [0.2, 0.25) is 0 Å². The van der Waals surface area contributed by atoms with Crippen LogP contribution in [-0.4, -0.2) is 13.8 Å². The van der Waals surface area contributed by atoms with Gasteiger partial charge in [0.05, 0.1) is 5.08 Å². The molecule has 0 aliphatic heterocycles. The van der Waals surface area contributed by atoms with E-state index < -0.39 is 11.1 Å². The second-order valence-corrected chi connectivity index (χ2v) is 2.13. The third kappa shape index (κ3) is 4.46. The molecule has 1 atom stereocenters. The SMILES string of the molecule is O=S(O)CS. The summed E-state index contributed by atoms with van der Waals surface area (Å²) >= 11 is 1.76. The second-order valence-electron chi connectivity index (χ2n) is 0.451. The molecular formula is CH4O2S2. The minimum Gasteiger partial charge on any atom is -0.305 e. The molecule has 1 unspecified atom stereocenters. The van der Waals surface area contributed by atoms with Crippen molar-refractivity contribution in [3.63, 3.8) is 0 Å². The molecule has 0 amide bonds. The van der Waals surface area contributed by atoms with E-state index in [1.165, 1.54) is 0 Å². The Morgan fingerprint density at radius 3 is 2.20 bits per heavy atom. The molecule has 0 aromatic rings. The highest BCUT2D eigenvalue weighted by Crippen LogP contribution is 1.73. The van der Waals surface area contributed by atoms with E-state index in [-0.39, 0.29) is 5.08 Å². The van der Waals surface area contributed by atoms with Crippen molar-refractivity contribution in [2.24, 2.45) is 0 Å². The summed E-state index contributed by atoms with van der Waals surface area (Å²) in [5.41, 5.74) is 0. The van der Waals surface area contributed by atoms with Crippen LogP contribution in [0.3, 0.4) is 0 Å². The Kier molecular flexibility index (Phi) is 2.93. The average Bonchev–Trinajstić information content (AvgIpc) is 1.38. The van der Waals surface area contributed by atoms with Gasteiger partial charge in [-0.25, -0.2) is 4.21 Å². The lowest BCUT2D eigenvalue weighted by Crippen LogP contribution is -1.82. The molecule has 0 radical (unpaired) electrons. The molecule has 0 spiro atoms. The van der Waals surface area contributed by atoms with Crippen LogP contribution in [0.4, 0.5) is 0 Å². The van der Waals surface area contributed by atoms with Crippen molar-refractivity contribution in [3.05, 3.63) is 0 Å². The fraction of sp³-hybridized carbons (Fsp3) is 1.00. The van der Waals surface area contributed by atoms with Crippen LogP contribution in [0, 0.1) is 0 Å². The molecule has 0 fully saturated rings. The van der Waals surface area contributed by atoms with Crippen LogP contribution < -0.4 is 0 Å². The van der Waals surface area contributed by atoms with E-state index in [0.29, 0.717) is 0 Å². The number of thiol groups is 1. The first kappa shape index (κ1) is 5.46. The summed E-state index contributed by atoms with van der Waals surface area (Å²) in [7, 11) is 0. The first-order valence-corrected chi connectivity index (χ1v) is 2.86. The fourth-order valence-corrected chi connectivity index (χ4v) is 0. The largest absolute Gasteiger partial charge is 0.305 e. The third-order valence-electron chi connectivity index (χ3n) is 0.110. The van der Waals surface area contributed by atoms with Gasteiger partial charge in [-0.15, -0.1) is 0 Å². The van der Waals surface area contributed by atoms with Gasteiger partial charge in [0.1, 0.15) is 0 Å². The van der Waals surface area contributed by atoms with Gasteiger partial charge in [-0.2, -0.15) is 12.6 Å². The lowest BCUT2D eigenvalue weighted by atomic mass is 11.9. The molecule has 5 heavy (non-hydrogen) atoms. The van der Waals surface area contributed by atoms with Crippen molar-refractivity contribution in [1.82, 2.24) is 0 Å². The summed E-state index contributed by atoms with van der Waals surface area (Å²) in [5, 5.41) is 0.0278. The zero-order valence-electron chi connectivity index (χ0n) is 2.42. The van der Waals surface area contributed by atoms with Crippen molar-refractivity contribution in [2.45, 2.75) is 0 Å². The maximum atomic E-state index is 9.40. The summed E-state index contributed by atoms with van der Waals surface area (Å²) in [4.78, 5) is 0. The van der Waals surface area contributed by atoms with Crippen molar-refractivity contribution in [3.8, 4) is 0 Å². The van der Waals surface area contributed by atoms with Crippen LogP contribution in [0.2, 0.25) is 0 Å². The topological polar surface area (TPSA) is 37.3 Å². The molecule has 0 aliphatic rings. The molecule has 0 bridgehead atoms. The Balaban J connectivity index is 2.85. The minimum absolute atomic E-state index is 0.0278. The summed E-state index contributed by atoms with van der Waals surface area (Å²) in [6, 6.07) is 0. The number of rotatable bonds is 1. The van der Waals surface area contributed by atoms with Crippen molar-refractivity contribution in [1.29, 1.82) is 0 Å². The first-order valence-electron chi connectivity index (χ1n) is 0.954. The van der Waals surface area contributed by atoms with Crippen molar-refractivity contribution in [2.75, 3.05) is 5.08 Å². The number of hydrogen-bond acceptors (Lipinski definition) is 2. The Bertz CT molecular complexity index is 42.9. The standard InChI is InChI=1S/CH4O2S2/c2-5(3)1-4/h4H,1H2,(H,2,3). The molecule has 0 saturated carbocycles. The minimum atomic E-state index is -1.71. The Morgan fingerprint density at radius 2 is 2.20 bits per heavy atom. The van der Waals surface area contributed by atoms with Crippen LogP contribution >= 0.6 is 12.6 Å². The molecule has 0 aromatic carbocycles. The maximum Gasteiger partial charge on any atom is 0.162 e. The smallest absolute Gasteiger partial charge is 0.162 e. The Hall–Kier alpha value is 0.460. The normalized spacial score (nSPS) is 14.8. The molecule has 2 nitrogen and oxygen atoms in total. The predicted octanol–water partition coefficient (Wildman–Crippen LogP) is 0.0954. The van der Waals surface area contributed by atoms with Crippen molar-refractivity contribution < 1.29 is 8.76 Å². The molecular weight excluding hydrogens is 108 g/mol. The highest BCUT2D eigenvalue weighted by Gasteiger charge is 1.77. The zero-order chi connectivity index (χ0) is 4.28. The van der Waals surface area contributed by atoms with E-state index in [2.05, 4.69) is 12.6 Å². The Labute approximate surface area is 38.3 Å². The van der Waals surface area contributed by atoms with Crippen LogP contribution in [0.25, 0.3) is 0 Å². The van der Waals surface area contributed by atoms with Gasteiger partial charge >= 0.3 is 0 Å². The average molecular weight is 112 g/mol. The van der Waals surface area contributed by atoms with E-state index >= 15 is 0 Å². The van der Waals surface area contributed by atoms with Crippen LogP contribution in [0.1, 0.15) is 0 Å². The van der Waals surface area contributed by atoms with Gasteiger partial charge in [0, 0.05) is 0 Å². The lowest BCUT2D eigenvalue weighted by molar-refractivity contribution is 0.570. The summed E-state index contributed by atoms with van der Waals surface area (Å²) in [6.07, 6.45) is 0. The molecule has 0 heterocycles. The van der Waals surface area contributed by atoms with Crippen LogP contribution in [0.15, 0.2) is 0 Å². The van der Waals surface area contributed by atoms with Gasteiger partial charge < -0.3 is 4.55 Å². The van der Waals surface area contributed by atoms with Gasteiger partial charge in [0.15, 0.2) is 11.1 Å². The fourth-order valence-electron chi connectivity index (χ4n) is 0. The maximum absolute atomic E-state index is 9.40. The summed E-state index contributed by atoms with van der Waals surface area (Å²) in [5.74, 6) is 0. The monoisotopic (exact) mass is 112 g/mol. The van der Waals surface area contributed by atoms with E-state index in [9.17, 15) is 4.21 Å². The van der Waals surface area contributed by atoms with E-state index in [0.717, 1.165) is 0 Å². The zero-order valence-corrected chi connectivity index (χ0v) is 4.13. The van der Waals surface area contributed by atoms with E-state index in [4.69, 9.17) is 4.55 Å². The second kappa shape index (κ2) is 2.68. The summed E-state index contributed by atoms with van der Waals surface area (Å²) in [6.45, 7) is 0. The quantitative estimate of drug-likeness (QED) is 0.373. The van der Waals surface area contributed by atoms with Crippen molar-refractivity contribution >= 4 is 23.7 Å². The molecule has 4 heteroatoms. The highest BCUT2D eigenvalue weighted by atomic mass is 32.2. The molecule has 1 N–H and O–H groups in total. The number of hydrogen-bond donors (Lipinski definition) is 2. The molecule has 0 saturated heterocycles. The lowest BCUT2D eigenvalue weighted by Gasteiger charge is -1.72. The predicted molar refractivity (Wildman–Crippen MR) is 24.6 cm³/mol. The van der Waals surface area contributed by atoms with Gasteiger partial charge in [0.25, 0.3) is 0 Å².